The quantitative estimate of drug-likeness (QED) is 0.115. The average Bonchev–Trinajstić information content (AvgIpc) is 1.56. The summed E-state index contributed by atoms with van der Waals surface area (Å²) in [6, 6.07) is 150. The van der Waals surface area contributed by atoms with Crippen molar-refractivity contribution in [3.8, 4) is 67.0 Å². The Kier molecular flexibility index (Phi) is 14.9. The topological polar surface area (TPSA) is 42.6 Å². The Morgan fingerprint density at radius 3 is 1.15 bits per heavy atom. The van der Waals surface area contributed by atoms with Gasteiger partial charge in [-0.1, -0.05) is 267 Å². The number of rotatable bonds is 13. The minimum absolute atomic E-state index is 0.858. The van der Waals surface area contributed by atoms with Crippen LogP contribution in [0.2, 0.25) is 0 Å². The average molecular weight is 1450 g/mol. The third kappa shape index (κ3) is 10.4. The normalized spacial score (nSPS) is 11.9. The molecule has 23 aromatic rings. The summed E-state index contributed by atoms with van der Waals surface area (Å²) >= 11 is 0. The molecule has 0 aliphatic carbocycles. The van der Waals surface area contributed by atoms with Crippen LogP contribution in [-0.4, -0.2) is 9.13 Å². The first-order valence-corrected chi connectivity index (χ1v) is 39.0. The van der Waals surface area contributed by atoms with E-state index in [-0.39, 0.29) is 0 Å². The summed E-state index contributed by atoms with van der Waals surface area (Å²) in [6.45, 7) is 0. The first-order valence-electron chi connectivity index (χ1n) is 39.0. The molecule has 6 heteroatoms. The molecule has 0 amide bonds. The van der Waals surface area contributed by atoms with Crippen LogP contribution in [0, 0.1) is 0 Å². The number of furan rings is 2. The van der Waals surface area contributed by atoms with Gasteiger partial charge in [0, 0.05) is 99.1 Å². The fraction of sp³-hybridized carbons (Fsp3) is 0. The van der Waals surface area contributed by atoms with Gasteiger partial charge in [-0.3, -0.25) is 0 Å². The molecule has 532 valence electrons. The third-order valence-corrected chi connectivity index (χ3v) is 23.5. The van der Waals surface area contributed by atoms with Crippen LogP contribution in [0.3, 0.4) is 0 Å². The molecule has 6 nitrogen and oxygen atoms in total. The zero-order chi connectivity index (χ0) is 74.9. The summed E-state index contributed by atoms with van der Waals surface area (Å²) in [5, 5.41) is 16.1. The SMILES string of the molecule is c1ccc(-c2ccc(N(c3ccc(-n4c5ccccc5c5cc(-c6ccc7c(-c8cccc(N(c9ccc(-n%10c%11ccccc%11c%11ccccc%11%10)cc9)c9ccccc9-c9cccc%10oc%11c%12ccccc%12ccc%11c9%10)c8)cccc7c6)ccc54)cc3)c3ccccc3-c3cccc4oc5c6ccccc6ccc5c34)cc2)cc1. The highest BCUT2D eigenvalue weighted by Crippen LogP contribution is 2.50. The van der Waals surface area contributed by atoms with Crippen molar-refractivity contribution < 1.29 is 8.83 Å². The zero-order valence-corrected chi connectivity index (χ0v) is 61.9. The second kappa shape index (κ2) is 26.2. The lowest BCUT2D eigenvalue weighted by Crippen LogP contribution is -2.11. The van der Waals surface area contributed by atoms with Gasteiger partial charge in [0.2, 0.25) is 0 Å². The predicted molar refractivity (Wildman–Crippen MR) is 479 cm³/mol. The fourth-order valence-electron chi connectivity index (χ4n) is 18.3. The Hall–Kier alpha value is -15.2. The van der Waals surface area contributed by atoms with Gasteiger partial charge < -0.3 is 27.8 Å². The van der Waals surface area contributed by atoms with Gasteiger partial charge in [-0.05, 0) is 212 Å². The Morgan fingerprint density at radius 2 is 0.579 bits per heavy atom. The molecule has 23 rings (SSSR count). The van der Waals surface area contributed by atoms with Gasteiger partial charge in [0.05, 0.1) is 33.4 Å². The van der Waals surface area contributed by atoms with Gasteiger partial charge in [-0.25, -0.2) is 0 Å². The molecule has 0 N–H and O–H groups in total. The lowest BCUT2D eigenvalue weighted by atomic mass is 9.94. The lowest BCUT2D eigenvalue weighted by molar-refractivity contribution is 0.672. The van der Waals surface area contributed by atoms with E-state index in [1.54, 1.807) is 0 Å². The summed E-state index contributed by atoms with van der Waals surface area (Å²) < 4.78 is 18.4. The van der Waals surface area contributed by atoms with E-state index >= 15 is 0 Å². The van der Waals surface area contributed by atoms with Crippen molar-refractivity contribution in [1.29, 1.82) is 0 Å². The molecule has 0 bridgehead atoms. The van der Waals surface area contributed by atoms with Gasteiger partial charge in [-0.15, -0.1) is 0 Å². The van der Waals surface area contributed by atoms with Crippen LogP contribution < -0.4 is 9.80 Å². The molecule has 114 heavy (non-hydrogen) atoms. The smallest absolute Gasteiger partial charge is 0.143 e. The van der Waals surface area contributed by atoms with E-state index in [0.717, 1.165) is 172 Å². The molecular weight excluding hydrogens is 1390 g/mol. The predicted octanol–water partition coefficient (Wildman–Crippen LogP) is 30.4. The van der Waals surface area contributed by atoms with Crippen molar-refractivity contribution >= 4 is 154 Å². The molecule has 0 aliphatic rings. The summed E-state index contributed by atoms with van der Waals surface area (Å²) in [5.41, 5.74) is 27.9. The van der Waals surface area contributed by atoms with E-state index in [0.29, 0.717) is 0 Å². The van der Waals surface area contributed by atoms with E-state index in [2.05, 4.69) is 431 Å². The van der Waals surface area contributed by atoms with Gasteiger partial charge in [0.1, 0.15) is 22.3 Å². The lowest BCUT2D eigenvalue weighted by Gasteiger charge is -2.29. The van der Waals surface area contributed by atoms with Gasteiger partial charge in [-0.2, -0.15) is 0 Å². The standard InChI is InChI=1S/C108H68N4O2/c1-2-22-69(23-3-1)70-46-52-77(53-47-70)109(97-39-13-10-33-89(97)92-37-20-44-103-105(92)94-63-48-71-24-4-6-29-85(71)107(94)113-103)78-54-58-81(59-55-78)112-101-43-17-12-35-91(101)96-68-74(51-65-102(96)112)73-50-62-84-75(66-73)27-19-36-83(84)76-26-18-28-82(67-76)110(79-56-60-80(61-57-79)111-99-41-15-8-31-87(99)88-32-9-16-42-100(88)111)98-40-14-11-34-90(98)93-38-21-45-104-106(93)95-64-49-72-25-5-7-30-86(72)108(95)114-104/h1-68H. The molecule has 0 saturated heterocycles. The monoisotopic (exact) mass is 1450 g/mol. The molecule has 0 unspecified atom stereocenters. The number of nitrogens with zero attached hydrogens (tertiary/aromatic N) is 4. The van der Waals surface area contributed by atoms with Crippen LogP contribution in [0.1, 0.15) is 0 Å². The van der Waals surface area contributed by atoms with E-state index in [9.17, 15) is 0 Å². The van der Waals surface area contributed by atoms with Crippen LogP contribution >= 0.6 is 0 Å². The molecular formula is C108H68N4O2. The van der Waals surface area contributed by atoms with Crippen LogP contribution in [-0.2, 0) is 0 Å². The van der Waals surface area contributed by atoms with Crippen molar-refractivity contribution in [2.45, 2.75) is 0 Å². The first-order chi connectivity index (χ1) is 56.5. The minimum atomic E-state index is 0.858. The molecule has 0 saturated carbocycles. The molecule has 4 aromatic heterocycles. The van der Waals surface area contributed by atoms with E-state index in [4.69, 9.17) is 8.83 Å². The maximum absolute atomic E-state index is 6.84. The Bertz CT molecular complexity index is 7740. The second-order valence-electron chi connectivity index (χ2n) is 29.8. The van der Waals surface area contributed by atoms with E-state index < -0.39 is 0 Å². The number of aromatic nitrogens is 2. The van der Waals surface area contributed by atoms with Gasteiger partial charge >= 0.3 is 0 Å². The van der Waals surface area contributed by atoms with Crippen LogP contribution in [0.15, 0.2) is 421 Å². The van der Waals surface area contributed by atoms with Crippen molar-refractivity contribution in [2.24, 2.45) is 0 Å². The van der Waals surface area contributed by atoms with Gasteiger partial charge in [0.25, 0.3) is 0 Å². The largest absolute Gasteiger partial charge is 0.455 e. The van der Waals surface area contributed by atoms with Crippen molar-refractivity contribution in [2.75, 3.05) is 9.80 Å². The maximum atomic E-state index is 6.84. The molecule has 0 radical (unpaired) electrons. The third-order valence-electron chi connectivity index (χ3n) is 23.5. The molecule has 4 heterocycles. The Balaban J connectivity index is 0.608. The summed E-state index contributed by atoms with van der Waals surface area (Å²) in [5.74, 6) is 0. The summed E-state index contributed by atoms with van der Waals surface area (Å²) in [7, 11) is 0. The second-order valence-corrected chi connectivity index (χ2v) is 29.8. The number of benzene rings is 19. The number of hydrogen-bond donors (Lipinski definition) is 0. The molecule has 0 atom stereocenters. The summed E-state index contributed by atoms with van der Waals surface area (Å²) in [4.78, 5) is 4.84. The van der Waals surface area contributed by atoms with Crippen LogP contribution in [0.5, 0.6) is 0 Å². The highest BCUT2D eigenvalue weighted by Gasteiger charge is 2.26. The summed E-state index contributed by atoms with van der Waals surface area (Å²) in [6.07, 6.45) is 0. The van der Waals surface area contributed by atoms with E-state index in [1.165, 1.54) is 48.9 Å². The van der Waals surface area contributed by atoms with Crippen molar-refractivity contribution in [3.05, 3.63) is 413 Å². The number of para-hydroxylation sites is 5. The number of fused-ring (bicyclic) bond motifs is 17. The van der Waals surface area contributed by atoms with Crippen molar-refractivity contribution in [1.82, 2.24) is 9.13 Å². The fourth-order valence-corrected chi connectivity index (χ4v) is 18.3. The first kappa shape index (κ1) is 64.7. The number of anilines is 6. The Labute approximate surface area is 657 Å². The zero-order valence-electron chi connectivity index (χ0n) is 61.9. The molecule has 0 spiro atoms. The highest BCUT2D eigenvalue weighted by molar-refractivity contribution is 6.22. The minimum Gasteiger partial charge on any atom is -0.455 e. The van der Waals surface area contributed by atoms with Gasteiger partial charge in [0.15, 0.2) is 0 Å². The highest BCUT2D eigenvalue weighted by atomic mass is 16.3. The maximum Gasteiger partial charge on any atom is 0.143 e. The molecule has 0 aliphatic heterocycles. The molecule has 0 fully saturated rings. The van der Waals surface area contributed by atoms with Crippen LogP contribution in [0.25, 0.3) is 187 Å². The Morgan fingerprint density at radius 1 is 0.193 bits per heavy atom. The van der Waals surface area contributed by atoms with Crippen molar-refractivity contribution in [3.63, 3.8) is 0 Å². The van der Waals surface area contributed by atoms with E-state index in [1.807, 2.05) is 0 Å². The molecule has 19 aromatic carbocycles. The van der Waals surface area contributed by atoms with Crippen LogP contribution in [0.4, 0.5) is 34.1 Å². The number of hydrogen-bond acceptors (Lipinski definition) is 4.